The molecule has 7 amide bonds. The van der Waals surface area contributed by atoms with Crippen LogP contribution in [-0.2, 0) is 38.4 Å². The molecule has 22 nitrogen and oxygen atoms in total. The molecular formula is C39H74N12O10S. The fourth-order valence-electron chi connectivity index (χ4n) is 5.93. The van der Waals surface area contributed by atoms with Crippen LogP contribution in [0, 0.1) is 17.8 Å². The number of hydrogen-bond donors (Lipinski definition) is 14. The Labute approximate surface area is 370 Å². The summed E-state index contributed by atoms with van der Waals surface area (Å²) in [5.74, 6) is -7.85. The zero-order valence-corrected chi connectivity index (χ0v) is 38.1. The fraction of sp³-hybridized carbons (Fsp3) is 0.769. The van der Waals surface area contributed by atoms with Crippen LogP contribution in [0.2, 0.25) is 0 Å². The molecule has 356 valence electrons. The van der Waals surface area contributed by atoms with Crippen molar-refractivity contribution < 1.29 is 48.6 Å². The molecule has 0 heterocycles. The van der Waals surface area contributed by atoms with E-state index in [2.05, 4.69) is 54.8 Å². The molecule has 0 aliphatic rings. The van der Waals surface area contributed by atoms with Gasteiger partial charge in [-0.2, -0.15) is 12.6 Å². The van der Waals surface area contributed by atoms with Crippen LogP contribution in [0.3, 0.4) is 0 Å². The Morgan fingerprint density at radius 2 is 1.00 bits per heavy atom. The van der Waals surface area contributed by atoms with E-state index in [0.717, 1.165) is 0 Å². The lowest BCUT2D eigenvalue weighted by atomic mass is 9.99. The Kier molecular flexibility index (Phi) is 28.0. The highest BCUT2D eigenvalue weighted by atomic mass is 32.1. The number of carboxylic acids is 1. The zero-order chi connectivity index (χ0) is 47.7. The molecule has 0 bridgehead atoms. The van der Waals surface area contributed by atoms with Gasteiger partial charge in [0.25, 0.3) is 0 Å². The number of rotatable bonds is 31. The number of carbonyl (C=O) groups excluding carboxylic acids is 7. The third-order valence-corrected chi connectivity index (χ3v) is 10.0. The maximum Gasteiger partial charge on any atom is 0.326 e. The minimum absolute atomic E-state index is 0.0225. The van der Waals surface area contributed by atoms with Crippen molar-refractivity contribution in [1.82, 2.24) is 37.2 Å². The second-order valence-corrected chi connectivity index (χ2v) is 16.6. The Hall–Kier alpha value is -4.74. The van der Waals surface area contributed by atoms with E-state index in [0.29, 0.717) is 25.8 Å². The molecule has 0 aliphatic heterocycles. The van der Waals surface area contributed by atoms with Crippen molar-refractivity contribution in [2.75, 3.05) is 25.4 Å². The number of aliphatic hydroxyl groups excluding tert-OH is 1. The molecule has 0 aromatic carbocycles. The number of nitrogens with zero attached hydrogens (tertiary/aromatic N) is 1. The van der Waals surface area contributed by atoms with Crippen LogP contribution in [0.5, 0.6) is 0 Å². The number of amides is 7. The van der Waals surface area contributed by atoms with Crippen molar-refractivity contribution in [3.05, 3.63) is 0 Å². The lowest BCUT2D eigenvalue weighted by molar-refractivity contribution is -0.143. The maximum atomic E-state index is 14.0. The number of thiol groups is 1. The highest BCUT2D eigenvalue weighted by molar-refractivity contribution is 7.80. The van der Waals surface area contributed by atoms with Gasteiger partial charge >= 0.3 is 5.97 Å². The van der Waals surface area contributed by atoms with Crippen molar-refractivity contribution >= 4 is 65.9 Å². The highest BCUT2D eigenvalue weighted by Crippen LogP contribution is 2.12. The molecule has 23 heteroatoms. The normalized spacial score (nSPS) is 15.6. The van der Waals surface area contributed by atoms with Crippen molar-refractivity contribution in [2.24, 2.45) is 45.7 Å². The van der Waals surface area contributed by atoms with Crippen LogP contribution in [0.15, 0.2) is 4.99 Å². The summed E-state index contributed by atoms with van der Waals surface area (Å²) in [6, 6.07) is -9.86. The Morgan fingerprint density at radius 1 is 0.597 bits per heavy atom. The maximum absolute atomic E-state index is 14.0. The molecule has 0 saturated heterocycles. The van der Waals surface area contributed by atoms with Gasteiger partial charge < -0.3 is 70.4 Å². The molecule has 0 radical (unpaired) electrons. The second-order valence-electron chi connectivity index (χ2n) is 16.2. The van der Waals surface area contributed by atoms with Crippen LogP contribution in [0.25, 0.3) is 0 Å². The number of nitrogens with one attached hydrogen (secondary N) is 7. The summed E-state index contributed by atoms with van der Waals surface area (Å²) < 4.78 is 0. The lowest BCUT2D eigenvalue weighted by Crippen LogP contribution is -2.61. The predicted octanol–water partition coefficient (Wildman–Crippen LogP) is -2.95. The van der Waals surface area contributed by atoms with Gasteiger partial charge in [-0.05, 0) is 76.2 Å². The van der Waals surface area contributed by atoms with Crippen LogP contribution < -0.4 is 60.2 Å². The smallest absolute Gasteiger partial charge is 0.326 e. The Morgan fingerprint density at radius 3 is 1.40 bits per heavy atom. The zero-order valence-electron chi connectivity index (χ0n) is 37.2. The average molecular weight is 903 g/mol. The molecule has 0 fully saturated rings. The van der Waals surface area contributed by atoms with Crippen molar-refractivity contribution in [1.29, 1.82) is 0 Å². The number of aliphatic carboxylic acids is 1. The van der Waals surface area contributed by atoms with E-state index in [1.54, 1.807) is 41.5 Å². The van der Waals surface area contributed by atoms with Gasteiger partial charge in [0.1, 0.15) is 42.3 Å². The van der Waals surface area contributed by atoms with Gasteiger partial charge in [0.05, 0.1) is 12.6 Å². The fourth-order valence-corrected chi connectivity index (χ4v) is 6.19. The summed E-state index contributed by atoms with van der Waals surface area (Å²) in [7, 11) is 0. The molecule has 9 atom stereocenters. The van der Waals surface area contributed by atoms with Gasteiger partial charge in [-0.1, -0.05) is 48.0 Å². The number of aliphatic hydroxyl groups is 1. The monoisotopic (exact) mass is 903 g/mol. The number of nitrogens with two attached hydrogens (primary N) is 4. The number of guanidine groups is 1. The van der Waals surface area contributed by atoms with E-state index in [1.165, 1.54) is 6.92 Å². The molecule has 17 N–H and O–H groups in total. The van der Waals surface area contributed by atoms with Crippen molar-refractivity contribution in [3.63, 3.8) is 0 Å². The number of carboxylic acid groups (broad SMARTS) is 1. The number of aliphatic imine (C=N–C) groups is 1. The van der Waals surface area contributed by atoms with E-state index in [1.807, 2.05) is 0 Å². The number of carbonyl (C=O) groups is 8. The lowest BCUT2D eigenvalue weighted by Gasteiger charge is -2.28. The topological polar surface area (TPSA) is 378 Å². The van der Waals surface area contributed by atoms with E-state index >= 15 is 0 Å². The Balaban J connectivity index is 6.39. The minimum Gasteiger partial charge on any atom is -0.480 e. The predicted molar refractivity (Wildman–Crippen MR) is 237 cm³/mol. The number of hydrogen-bond acceptors (Lipinski definition) is 13. The van der Waals surface area contributed by atoms with Gasteiger partial charge in [0, 0.05) is 12.3 Å². The molecule has 62 heavy (non-hydrogen) atoms. The van der Waals surface area contributed by atoms with Gasteiger partial charge in [-0.3, -0.25) is 38.6 Å². The highest BCUT2D eigenvalue weighted by Gasteiger charge is 2.35. The minimum atomic E-state index is -1.53. The van der Waals surface area contributed by atoms with Gasteiger partial charge in [-0.15, -0.1) is 0 Å². The summed E-state index contributed by atoms with van der Waals surface area (Å²) in [5.41, 5.74) is 22.1. The van der Waals surface area contributed by atoms with E-state index < -0.39 is 108 Å². The van der Waals surface area contributed by atoms with E-state index in [-0.39, 0.29) is 62.2 Å². The summed E-state index contributed by atoms with van der Waals surface area (Å²) in [4.78, 5) is 110. The first-order valence-electron chi connectivity index (χ1n) is 21.1. The van der Waals surface area contributed by atoms with E-state index in [4.69, 9.17) is 22.9 Å². The standard InChI is InChI=1S/C39H74N12O10S/c1-8-22(6)30(38(60)61)51-37(59)29(19-62)50-33(55)25(13-11-15-44-39(42)43)46-34(56)26(16-20(2)3)47-35(57)27(17-21(4)5)48-36(58)28(18-52)49-32(54)24(12-9-10-14-40)45-31(53)23(7)41/h20-30,52,62H,8-19,40-41H2,1-7H3,(H,45,53)(H,46,56)(H,47,57)(H,48,58)(H,49,54)(H,50,55)(H,51,59)(H,60,61)(H4,42,43,44)/t22-,23-,24-,25-,26-,27-,28-,29-,30-/m0/s1. The molecule has 0 rings (SSSR count). The van der Waals surface area contributed by atoms with Gasteiger partial charge in [0.15, 0.2) is 5.96 Å². The molecule has 0 saturated carbocycles. The third-order valence-electron chi connectivity index (χ3n) is 9.66. The van der Waals surface area contributed by atoms with Gasteiger partial charge in [0.2, 0.25) is 41.4 Å². The van der Waals surface area contributed by atoms with Crippen LogP contribution in [-0.4, -0.2) is 137 Å². The SMILES string of the molecule is CC[C@H](C)[C@H](NC(=O)[C@H](CS)NC(=O)[C@H](CCCN=C(N)N)NC(=O)[C@H](CC(C)C)NC(=O)[C@H](CC(C)C)NC(=O)[C@H](CO)NC(=O)[C@H](CCCCN)NC(=O)[C@H](C)N)C(=O)O. The summed E-state index contributed by atoms with van der Waals surface area (Å²) in [6.07, 6.45) is 1.99. The quantitative estimate of drug-likeness (QED) is 0.0143. The van der Waals surface area contributed by atoms with Crippen molar-refractivity contribution in [3.8, 4) is 0 Å². The number of unbranched alkanes of at least 4 members (excludes halogenated alkanes) is 1. The molecule has 0 spiro atoms. The van der Waals surface area contributed by atoms with Crippen LogP contribution in [0.4, 0.5) is 0 Å². The first kappa shape index (κ1) is 57.3. The average Bonchev–Trinajstić information content (AvgIpc) is 3.19. The largest absolute Gasteiger partial charge is 0.480 e. The van der Waals surface area contributed by atoms with Crippen LogP contribution in [0.1, 0.15) is 99.8 Å². The van der Waals surface area contributed by atoms with Crippen LogP contribution >= 0.6 is 12.6 Å². The summed E-state index contributed by atoms with van der Waals surface area (Å²) in [6.45, 7) is 11.6. The Bertz CT molecular complexity index is 1500. The summed E-state index contributed by atoms with van der Waals surface area (Å²) >= 11 is 4.19. The van der Waals surface area contributed by atoms with Gasteiger partial charge in [-0.25, -0.2) is 4.79 Å². The van der Waals surface area contributed by atoms with E-state index in [9.17, 15) is 48.6 Å². The molecule has 0 aliphatic carbocycles. The molecule has 0 aromatic heterocycles. The molecule has 0 unspecified atom stereocenters. The second kappa shape index (κ2) is 30.3. The first-order valence-corrected chi connectivity index (χ1v) is 21.7. The summed E-state index contributed by atoms with van der Waals surface area (Å²) in [5, 5.41) is 37.6. The first-order chi connectivity index (χ1) is 29.0. The third kappa shape index (κ3) is 22.4. The molecule has 0 aromatic rings. The van der Waals surface area contributed by atoms with Crippen molar-refractivity contribution in [2.45, 2.75) is 148 Å². The molecular weight excluding hydrogens is 829 g/mol.